The van der Waals surface area contributed by atoms with Crippen molar-refractivity contribution in [3.63, 3.8) is 0 Å². The summed E-state index contributed by atoms with van der Waals surface area (Å²) in [6, 6.07) is 9.02. The second kappa shape index (κ2) is 5.84. The van der Waals surface area contributed by atoms with Gasteiger partial charge in [-0.05, 0) is 30.3 Å². The number of hydrogen-bond acceptors (Lipinski definition) is 5. The molecule has 24 heavy (non-hydrogen) atoms. The van der Waals surface area contributed by atoms with E-state index in [9.17, 15) is 9.90 Å². The highest BCUT2D eigenvalue weighted by atomic mass is 16.3. The molecule has 0 atom stereocenters. The number of nitrogens with zero attached hydrogens (tertiary/aromatic N) is 4. The molecule has 7 nitrogen and oxygen atoms in total. The highest BCUT2D eigenvalue weighted by molar-refractivity contribution is 5.92. The van der Waals surface area contributed by atoms with E-state index in [0.717, 1.165) is 47.5 Å². The lowest BCUT2D eigenvalue weighted by molar-refractivity contribution is -0.118. The Balaban J connectivity index is 1.75. The van der Waals surface area contributed by atoms with Crippen molar-refractivity contribution in [3.05, 3.63) is 36.5 Å². The largest absolute Gasteiger partial charge is 0.508 e. The Kier molecular flexibility index (Phi) is 3.53. The molecule has 1 aliphatic rings. The van der Waals surface area contributed by atoms with Gasteiger partial charge in [-0.15, -0.1) is 0 Å². The molecule has 1 saturated heterocycles. The van der Waals surface area contributed by atoms with E-state index in [0.29, 0.717) is 13.1 Å². The number of pyridine rings is 1. The molecule has 7 heteroatoms. The number of phenolic OH excluding ortho intramolecular Hbond substituents is 1. The molecule has 4 rings (SSSR count). The SMILES string of the molecule is O=CN1CCN(c2cc(-c3ccc(O)cc3)nc3[nH]ncc23)CC1. The fourth-order valence-corrected chi connectivity index (χ4v) is 3.02. The predicted octanol–water partition coefficient (Wildman–Crippen LogP) is 1.61. The van der Waals surface area contributed by atoms with E-state index in [2.05, 4.69) is 20.1 Å². The van der Waals surface area contributed by atoms with Crippen molar-refractivity contribution < 1.29 is 9.90 Å². The first-order valence-corrected chi connectivity index (χ1v) is 7.82. The molecule has 1 aliphatic heterocycles. The summed E-state index contributed by atoms with van der Waals surface area (Å²) in [5, 5.41) is 17.5. The molecule has 0 saturated carbocycles. The monoisotopic (exact) mass is 323 g/mol. The van der Waals surface area contributed by atoms with E-state index in [1.54, 1.807) is 23.2 Å². The van der Waals surface area contributed by atoms with Crippen LogP contribution >= 0.6 is 0 Å². The number of aromatic nitrogens is 3. The summed E-state index contributed by atoms with van der Waals surface area (Å²) in [5.41, 5.74) is 3.53. The zero-order valence-corrected chi connectivity index (χ0v) is 13.0. The number of phenols is 1. The average molecular weight is 323 g/mol. The maximum atomic E-state index is 10.9. The maximum absolute atomic E-state index is 10.9. The molecule has 3 heterocycles. The Morgan fingerprint density at radius 1 is 1.12 bits per heavy atom. The van der Waals surface area contributed by atoms with Gasteiger partial charge in [0.15, 0.2) is 5.65 Å². The van der Waals surface area contributed by atoms with Gasteiger partial charge < -0.3 is 14.9 Å². The van der Waals surface area contributed by atoms with E-state index in [1.165, 1.54) is 0 Å². The molecule has 0 bridgehead atoms. The van der Waals surface area contributed by atoms with Crippen molar-refractivity contribution in [1.29, 1.82) is 0 Å². The van der Waals surface area contributed by atoms with Gasteiger partial charge in [0.05, 0.1) is 23.0 Å². The third-order valence-corrected chi connectivity index (χ3v) is 4.37. The fourth-order valence-electron chi connectivity index (χ4n) is 3.02. The molecule has 1 amide bonds. The fraction of sp³-hybridized carbons (Fsp3) is 0.235. The second-order valence-corrected chi connectivity index (χ2v) is 5.83. The number of nitrogens with one attached hydrogen (secondary N) is 1. The molecule has 122 valence electrons. The zero-order chi connectivity index (χ0) is 16.5. The van der Waals surface area contributed by atoms with Crippen molar-refractivity contribution in [1.82, 2.24) is 20.1 Å². The van der Waals surface area contributed by atoms with Gasteiger partial charge in [0, 0.05) is 31.7 Å². The molecule has 1 fully saturated rings. The smallest absolute Gasteiger partial charge is 0.209 e. The molecule has 2 aromatic heterocycles. The zero-order valence-electron chi connectivity index (χ0n) is 13.0. The first-order chi connectivity index (χ1) is 11.7. The topological polar surface area (TPSA) is 85.4 Å². The van der Waals surface area contributed by atoms with Gasteiger partial charge in [-0.25, -0.2) is 4.98 Å². The molecule has 0 spiro atoms. The summed E-state index contributed by atoms with van der Waals surface area (Å²) in [4.78, 5) is 19.6. The Bertz CT molecular complexity index is 866. The Morgan fingerprint density at radius 2 is 1.88 bits per heavy atom. The van der Waals surface area contributed by atoms with Crippen molar-refractivity contribution in [2.24, 2.45) is 0 Å². The van der Waals surface area contributed by atoms with E-state index < -0.39 is 0 Å². The van der Waals surface area contributed by atoms with Crippen LogP contribution < -0.4 is 4.90 Å². The highest BCUT2D eigenvalue weighted by Gasteiger charge is 2.19. The number of fused-ring (bicyclic) bond motifs is 1. The van der Waals surface area contributed by atoms with Crippen LogP contribution in [0.1, 0.15) is 0 Å². The lowest BCUT2D eigenvalue weighted by atomic mass is 10.1. The van der Waals surface area contributed by atoms with E-state index >= 15 is 0 Å². The minimum Gasteiger partial charge on any atom is -0.508 e. The lowest BCUT2D eigenvalue weighted by Crippen LogP contribution is -2.45. The molecule has 0 unspecified atom stereocenters. The van der Waals surface area contributed by atoms with Crippen LogP contribution in [0, 0.1) is 0 Å². The third kappa shape index (κ3) is 2.54. The number of aromatic amines is 1. The van der Waals surface area contributed by atoms with Crippen LogP contribution in [0.15, 0.2) is 36.5 Å². The Morgan fingerprint density at radius 3 is 2.58 bits per heavy atom. The van der Waals surface area contributed by atoms with Crippen LogP contribution in [0.4, 0.5) is 5.69 Å². The quantitative estimate of drug-likeness (QED) is 0.715. The van der Waals surface area contributed by atoms with Crippen molar-refractivity contribution >= 4 is 23.1 Å². The van der Waals surface area contributed by atoms with Gasteiger partial charge in [0.1, 0.15) is 5.75 Å². The molecule has 0 radical (unpaired) electrons. The number of rotatable bonds is 3. The number of anilines is 1. The summed E-state index contributed by atoms with van der Waals surface area (Å²) >= 11 is 0. The molecule has 0 aliphatic carbocycles. The lowest BCUT2D eigenvalue weighted by Gasteiger charge is -2.34. The van der Waals surface area contributed by atoms with E-state index in [4.69, 9.17) is 0 Å². The molecule has 1 aromatic carbocycles. The van der Waals surface area contributed by atoms with Crippen LogP contribution in [0.5, 0.6) is 5.75 Å². The van der Waals surface area contributed by atoms with Crippen LogP contribution in [-0.2, 0) is 4.79 Å². The number of hydrogen-bond donors (Lipinski definition) is 2. The first kappa shape index (κ1) is 14.5. The maximum Gasteiger partial charge on any atom is 0.209 e. The number of piperazine rings is 1. The molecular formula is C17H17N5O2. The number of carbonyl (C=O) groups excluding carboxylic acids is 1. The predicted molar refractivity (Wildman–Crippen MR) is 90.8 cm³/mol. The minimum atomic E-state index is 0.228. The first-order valence-electron chi connectivity index (χ1n) is 7.82. The Hall–Kier alpha value is -3.09. The molecular weight excluding hydrogens is 306 g/mol. The number of amides is 1. The second-order valence-electron chi connectivity index (χ2n) is 5.83. The van der Waals surface area contributed by atoms with E-state index in [1.807, 2.05) is 18.2 Å². The number of aromatic hydroxyl groups is 1. The molecule has 2 N–H and O–H groups in total. The van der Waals surface area contributed by atoms with Crippen LogP contribution in [0.2, 0.25) is 0 Å². The van der Waals surface area contributed by atoms with Gasteiger partial charge in [-0.3, -0.25) is 9.89 Å². The van der Waals surface area contributed by atoms with E-state index in [-0.39, 0.29) is 5.75 Å². The Labute approximate surface area is 138 Å². The standard InChI is InChI=1S/C17H17N5O2/c23-11-21-5-7-22(8-6-21)16-9-15(12-1-3-13(24)4-2-12)19-17-14(16)10-18-20-17/h1-4,9-11,24H,5-8H2,(H,18,19,20). The molecule has 3 aromatic rings. The van der Waals surface area contributed by atoms with Crippen LogP contribution in [0.25, 0.3) is 22.3 Å². The van der Waals surface area contributed by atoms with Crippen LogP contribution in [0.3, 0.4) is 0 Å². The summed E-state index contributed by atoms with van der Waals surface area (Å²) < 4.78 is 0. The van der Waals surface area contributed by atoms with Crippen molar-refractivity contribution in [3.8, 4) is 17.0 Å². The summed E-state index contributed by atoms with van der Waals surface area (Å²) in [6.07, 6.45) is 2.68. The highest BCUT2D eigenvalue weighted by Crippen LogP contribution is 2.31. The summed E-state index contributed by atoms with van der Waals surface area (Å²) in [6.45, 7) is 2.97. The van der Waals surface area contributed by atoms with Crippen molar-refractivity contribution in [2.75, 3.05) is 31.1 Å². The van der Waals surface area contributed by atoms with Crippen molar-refractivity contribution in [2.45, 2.75) is 0 Å². The number of carbonyl (C=O) groups is 1. The number of benzene rings is 1. The van der Waals surface area contributed by atoms with Gasteiger partial charge >= 0.3 is 0 Å². The third-order valence-electron chi connectivity index (χ3n) is 4.37. The van der Waals surface area contributed by atoms with Gasteiger partial charge in [-0.1, -0.05) is 0 Å². The van der Waals surface area contributed by atoms with Gasteiger partial charge in [-0.2, -0.15) is 5.10 Å². The normalized spacial score (nSPS) is 15.0. The van der Waals surface area contributed by atoms with Gasteiger partial charge in [0.2, 0.25) is 6.41 Å². The minimum absolute atomic E-state index is 0.228. The number of H-pyrrole nitrogens is 1. The van der Waals surface area contributed by atoms with Crippen LogP contribution in [-0.4, -0.2) is 57.8 Å². The van der Waals surface area contributed by atoms with Gasteiger partial charge in [0.25, 0.3) is 0 Å². The summed E-state index contributed by atoms with van der Waals surface area (Å²) in [7, 11) is 0. The summed E-state index contributed by atoms with van der Waals surface area (Å²) in [5.74, 6) is 0.228. The average Bonchev–Trinajstić information content (AvgIpc) is 3.10.